The number of anilines is 1. The third kappa shape index (κ3) is 4.26. The number of piperidine rings is 1. The molecule has 1 amide bonds. The van der Waals surface area contributed by atoms with Gasteiger partial charge in [0.1, 0.15) is 17.8 Å². The summed E-state index contributed by atoms with van der Waals surface area (Å²) >= 11 is 1.74. The monoisotopic (exact) mass is 458 g/mol. The zero-order chi connectivity index (χ0) is 22.8. The van der Waals surface area contributed by atoms with Crippen LogP contribution in [-0.2, 0) is 17.6 Å². The average molecular weight is 459 g/mol. The fraction of sp³-hybridized carbons (Fsp3) is 0.280. The second-order valence-electron chi connectivity index (χ2n) is 8.32. The van der Waals surface area contributed by atoms with Crippen LogP contribution in [0, 0.1) is 0 Å². The number of thiophene rings is 1. The van der Waals surface area contributed by atoms with Crippen LogP contribution >= 0.6 is 11.3 Å². The molecule has 168 valence electrons. The first kappa shape index (κ1) is 21.3. The number of fused-ring (bicyclic) bond motifs is 1. The highest BCUT2D eigenvalue weighted by Gasteiger charge is 2.28. The van der Waals surface area contributed by atoms with E-state index in [9.17, 15) is 4.79 Å². The number of benzene rings is 1. The van der Waals surface area contributed by atoms with Gasteiger partial charge in [0.05, 0.1) is 11.4 Å². The largest absolute Gasteiger partial charge is 0.383 e. The molecule has 7 nitrogen and oxygen atoms in total. The van der Waals surface area contributed by atoms with Gasteiger partial charge in [-0.25, -0.2) is 14.6 Å². The normalized spacial score (nSPS) is 16.2. The van der Waals surface area contributed by atoms with Crippen molar-refractivity contribution in [1.82, 2.24) is 24.6 Å². The predicted octanol–water partition coefficient (Wildman–Crippen LogP) is 4.27. The van der Waals surface area contributed by atoms with Gasteiger partial charge in [0, 0.05) is 28.9 Å². The minimum absolute atomic E-state index is 0.0318. The van der Waals surface area contributed by atoms with Gasteiger partial charge in [-0.05, 0) is 43.4 Å². The molecule has 0 saturated carbocycles. The third-order valence-corrected chi connectivity index (χ3v) is 7.17. The molecule has 5 rings (SSSR count). The van der Waals surface area contributed by atoms with Gasteiger partial charge in [0.25, 0.3) is 0 Å². The fourth-order valence-electron chi connectivity index (χ4n) is 4.48. The van der Waals surface area contributed by atoms with Gasteiger partial charge in [-0.1, -0.05) is 36.9 Å². The number of carbonyl (C=O) groups is 1. The Labute approximate surface area is 196 Å². The Morgan fingerprint density at radius 2 is 2.09 bits per heavy atom. The van der Waals surface area contributed by atoms with E-state index < -0.39 is 0 Å². The summed E-state index contributed by atoms with van der Waals surface area (Å²) < 4.78 is 1.94. The Morgan fingerprint density at radius 3 is 2.91 bits per heavy atom. The molecule has 33 heavy (non-hydrogen) atoms. The van der Waals surface area contributed by atoms with E-state index in [1.807, 2.05) is 15.6 Å². The highest BCUT2D eigenvalue weighted by molar-refractivity contribution is 7.10. The maximum absolute atomic E-state index is 12.2. The quantitative estimate of drug-likeness (QED) is 0.436. The Hall–Kier alpha value is -3.52. The lowest BCUT2D eigenvalue weighted by Gasteiger charge is -2.32. The molecule has 4 heterocycles. The van der Waals surface area contributed by atoms with Crippen molar-refractivity contribution in [2.24, 2.45) is 0 Å². The summed E-state index contributed by atoms with van der Waals surface area (Å²) in [6, 6.07) is 12.7. The molecule has 1 saturated heterocycles. The van der Waals surface area contributed by atoms with E-state index in [0.29, 0.717) is 18.0 Å². The Morgan fingerprint density at radius 1 is 1.24 bits per heavy atom. The number of likely N-dealkylation sites (tertiary alicyclic amines) is 1. The SMILES string of the molecule is C=CC(=O)N1CCC[C@@H](n2nc(-c3csc(CCc4ccccc4)c3)c3c(N)ncnc32)C1. The van der Waals surface area contributed by atoms with E-state index in [1.54, 1.807) is 11.3 Å². The van der Waals surface area contributed by atoms with Crippen molar-refractivity contribution in [2.75, 3.05) is 18.8 Å². The van der Waals surface area contributed by atoms with Gasteiger partial charge >= 0.3 is 0 Å². The number of amides is 1. The van der Waals surface area contributed by atoms with Crippen LogP contribution in [0.15, 0.2) is 60.8 Å². The number of rotatable bonds is 6. The second kappa shape index (κ2) is 9.15. The van der Waals surface area contributed by atoms with E-state index >= 15 is 0 Å². The number of nitrogens with zero attached hydrogens (tertiary/aromatic N) is 5. The van der Waals surface area contributed by atoms with Gasteiger partial charge in [-0.2, -0.15) is 5.10 Å². The number of aryl methyl sites for hydroxylation is 2. The maximum atomic E-state index is 12.2. The topological polar surface area (TPSA) is 89.9 Å². The lowest BCUT2D eigenvalue weighted by molar-refractivity contribution is -0.127. The first-order chi connectivity index (χ1) is 16.1. The molecule has 0 aliphatic carbocycles. The lowest BCUT2D eigenvalue weighted by atomic mass is 10.1. The summed E-state index contributed by atoms with van der Waals surface area (Å²) in [5.74, 6) is 0.375. The minimum Gasteiger partial charge on any atom is -0.383 e. The van der Waals surface area contributed by atoms with Crippen LogP contribution in [0.5, 0.6) is 0 Å². The zero-order valence-corrected chi connectivity index (χ0v) is 19.2. The summed E-state index contributed by atoms with van der Waals surface area (Å²) in [4.78, 5) is 24.1. The van der Waals surface area contributed by atoms with Gasteiger partial charge in [-0.15, -0.1) is 11.3 Å². The molecule has 2 N–H and O–H groups in total. The summed E-state index contributed by atoms with van der Waals surface area (Å²) in [5.41, 5.74) is 10.2. The van der Waals surface area contributed by atoms with Crippen LogP contribution < -0.4 is 5.73 Å². The molecule has 0 bridgehead atoms. The number of hydrogen-bond acceptors (Lipinski definition) is 6. The predicted molar refractivity (Wildman–Crippen MR) is 132 cm³/mol. The molecular formula is C25H26N6OS. The van der Waals surface area contributed by atoms with Crippen molar-refractivity contribution in [3.63, 3.8) is 0 Å². The lowest BCUT2D eigenvalue weighted by Crippen LogP contribution is -2.40. The summed E-state index contributed by atoms with van der Waals surface area (Å²) in [6.07, 6.45) is 6.65. The highest BCUT2D eigenvalue weighted by atomic mass is 32.1. The summed E-state index contributed by atoms with van der Waals surface area (Å²) in [5, 5.41) is 7.88. The van der Waals surface area contributed by atoms with Crippen LogP contribution in [0.25, 0.3) is 22.3 Å². The zero-order valence-electron chi connectivity index (χ0n) is 18.4. The molecule has 0 spiro atoms. The van der Waals surface area contributed by atoms with Crippen LogP contribution in [-0.4, -0.2) is 43.6 Å². The standard InChI is InChI=1S/C25H26N6OS/c1-2-21(32)30-12-6-9-19(14-30)31-25-22(24(26)27-16-28-25)23(29-31)18-13-20(33-15-18)11-10-17-7-4-3-5-8-17/h2-5,7-8,13,15-16,19H,1,6,9-12,14H2,(H2,26,27,28)/t19-/m1/s1. The smallest absolute Gasteiger partial charge is 0.246 e. The number of nitrogen functional groups attached to an aromatic ring is 1. The minimum atomic E-state index is -0.0496. The van der Waals surface area contributed by atoms with Crippen molar-refractivity contribution >= 4 is 34.1 Å². The molecule has 1 aromatic carbocycles. The molecule has 1 aliphatic rings. The Balaban J connectivity index is 1.46. The molecular weight excluding hydrogens is 432 g/mol. The van der Waals surface area contributed by atoms with Crippen LogP contribution in [0.2, 0.25) is 0 Å². The summed E-state index contributed by atoms with van der Waals surface area (Å²) in [7, 11) is 0. The molecule has 4 aromatic rings. The molecule has 1 fully saturated rings. The number of nitrogens with two attached hydrogens (primary N) is 1. The van der Waals surface area contributed by atoms with Crippen molar-refractivity contribution in [3.8, 4) is 11.3 Å². The second-order valence-corrected chi connectivity index (χ2v) is 9.32. The Bertz CT molecular complexity index is 1290. The Kier molecular flexibility index (Phi) is 5.92. The van der Waals surface area contributed by atoms with Crippen LogP contribution in [0.3, 0.4) is 0 Å². The first-order valence-electron chi connectivity index (χ1n) is 11.2. The number of aromatic nitrogens is 4. The van der Waals surface area contributed by atoms with Crippen LogP contribution in [0.4, 0.5) is 5.82 Å². The van der Waals surface area contributed by atoms with E-state index in [1.165, 1.54) is 22.8 Å². The third-order valence-electron chi connectivity index (χ3n) is 6.18. The van der Waals surface area contributed by atoms with Gasteiger partial charge in [0.15, 0.2) is 5.65 Å². The highest BCUT2D eigenvalue weighted by Crippen LogP contribution is 2.35. The van der Waals surface area contributed by atoms with Gasteiger partial charge in [-0.3, -0.25) is 4.79 Å². The molecule has 1 aliphatic heterocycles. The fourth-order valence-corrected chi connectivity index (χ4v) is 5.36. The number of carbonyl (C=O) groups excluding carboxylic acids is 1. The maximum Gasteiger partial charge on any atom is 0.246 e. The van der Waals surface area contributed by atoms with Gasteiger partial charge in [0.2, 0.25) is 5.91 Å². The average Bonchev–Trinajstić information content (AvgIpc) is 3.48. The van der Waals surface area contributed by atoms with E-state index in [-0.39, 0.29) is 11.9 Å². The first-order valence-corrected chi connectivity index (χ1v) is 12.0. The molecule has 0 unspecified atom stereocenters. The van der Waals surface area contributed by atoms with Crippen LogP contribution in [0.1, 0.15) is 29.3 Å². The molecule has 3 aromatic heterocycles. The van der Waals surface area contributed by atoms with E-state index in [2.05, 4.69) is 52.3 Å². The van der Waals surface area contributed by atoms with E-state index in [0.717, 1.165) is 48.9 Å². The van der Waals surface area contributed by atoms with Crippen molar-refractivity contribution in [2.45, 2.75) is 31.7 Å². The van der Waals surface area contributed by atoms with Crippen molar-refractivity contribution in [1.29, 1.82) is 0 Å². The van der Waals surface area contributed by atoms with E-state index in [4.69, 9.17) is 10.8 Å². The molecule has 8 heteroatoms. The molecule has 1 atom stereocenters. The van der Waals surface area contributed by atoms with Gasteiger partial charge < -0.3 is 10.6 Å². The number of hydrogen-bond donors (Lipinski definition) is 1. The van der Waals surface area contributed by atoms with Crippen molar-refractivity contribution < 1.29 is 4.79 Å². The van der Waals surface area contributed by atoms with Crippen molar-refractivity contribution in [3.05, 3.63) is 71.2 Å². The summed E-state index contributed by atoms with van der Waals surface area (Å²) in [6.45, 7) is 4.94. The molecule has 0 radical (unpaired) electrons.